The third-order valence-corrected chi connectivity index (χ3v) is 2.63. The van der Waals surface area contributed by atoms with Gasteiger partial charge in [0.05, 0.1) is 7.11 Å². The van der Waals surface area contributed by atoms with Gasteiger partial charge in [0.1, 0.15) is 5.75 Å². The normalized spacial score (nSPS) is 10.3. The smallest absolute Gasteiger partial charge is 0.194 e. The molecule has 0 amide bonds. The van der Waals surface area contributed by atoms with Crippen LogP contribution >= 0.6 is 0 Å². The molecule has 0 saturated carbocycles. The van der Waals surface area contributed by atoms with Crippen LogP contribution in [0.3, 0.4) is 0 Å². The van der Waals surface area contributed by atoms with E-state index in [1.807, 2.05) is 0 Å². The second-order valence-corrected chi connectivity index (χ2v) is 3.96. The summed E-state index contributed by atoms with van der Waals surface area (Å²) in [6.45, 7) is 0.195. The first kappa shape index (κ1) is 13.3. The number of hydrogen-bond acceptors (Lipinski definition) is 2. The maximum absolute atomic E-state index is 13.0. The molecule has 2 aromatic carbocycles. The minimum absolute atomic E-state index is 0.195. The summed E-state index contributed by atoms with van der Waals surface area (Å²) in [6.07, 6.45) is 0. The number of hydrogen-bond donors (Lipinski definition) is 1. The molecule has 5 heteroatoms. The molecule has 0 saturated heterocycles. The molecule has 0 fully saturated rings. The number of anilines is 1. The molecule has 2 nitrogen and oxygen atoms in total. The molecule has 0 spiro atoms. The van der Waals surface area contributed by atoms with Crippen LogP contribution in [0.25, 0.3) is 0 Å². The highest BCUT2D eigenvalue weighted by Crippen LogP contribution is 2.17. The van der Waals surface area contributed by atoms with E-state index < -0.39 is 17.5 Å². The summed E-state index contributed by atoms with van der Waals surface area (Å²) in [5.74, 6) is -3.12. The lowest BCUT2D eigenvalue weighted by Gasteiger charge is -2.08. The average molecular weight is 267 g/mol. The zero-order valence-electron chi connectivity index (χ0n) is 10.2. The Morgan fingerprint density at radius 3 is 2.11 bits per heavy atom. The first-order valence-corrected chi connectivity index (χ1v) is 5.61. The molecule has 19 heavy (non-hydrogen) atoms. The molecule has 2 rings (SSSR count). The number of nitrogens with one attached hydrogen (secondary N) is 1. The van der Waals surface area contributed by atoms with Crippen LogP contribution in [0.1, 0.15) is 5.56 Å². The van der Waals surface area contributed by atoms with Gasteiger partial charge in [-0.2, -0.15) is 0 Å². The number of benzene rings is 2. The Labute approximate surface area is 108 Å². The van der Waals surface area contributed by atoms with Gasteiger partial charge >= 0.3 is 0 Å². The van der Waals surface area contributed by atoms with Crippen molar-refractivity contribution in [1.82, 2.24) is 0 Å². The highest BCUT2D eigenvalue weighted by atomic mass is 19.2. The Kier molecular flexibility index (Phi) is 3.94. The minimum Gasteiger partial charge on any atom is -0.497 e. The van der Waals surface area contributed by atoms with Gasteiger partial charge in [0.2, 0.25) is 0 Å². The summed E-state index contributed by atoms with van der Waals surface area (Å²) < 4.78 is 43.8. The molecule has 2 aromatic rings. The predicted molar refractivity (Wildman–Crippen MR) is 66.6 cm³/mol. The highest BCUT2D eigenvalue weighted by molar-refractivity contribution is 5.46. The van der Waals surface area contributed by atoms with Crippen molar-refractivity contribution in [3.63, 3.8) is 0 Å². The van der Waals surface area contributed by atoms with E-state index in [9.17, 15) is 13.2 Å². The van der Waals surface area contributed by atoms with Crippen LogP contribution in [-0.2, 0) is 6.54 Å². The van der Waals surface area contributed by atoms with Gasteiger partial charge < -0.3 is 10.1 Å². The molecule has 1 N–H and O–H groups in total. The van der Waals surface area contributed by atoms with Crippen LogP contribution < -0.4 is 10.1 Å². The number of rotatable bonds is 4. The van der Waals surface area contributed by atoms with Crippen molar-refractivity contribution in [2.45, 2.75) is 6.54 Å². The summed E-state index contributed by atoms with van der Waals surface area (Å²) in [6, 6.07) is 9.00. The van der Waals surface area contributed by atoms with E-state index in [0.29, 0.717) is 11.3 Å². The number of ether oxygens (including phenoxy) is 1. The fourth-order valence-corrected chi connectivity index (χ4v) is 1.62. The lowest BCUT2D eigenvalue weighted by Crippen LogP contribution is -2.02. The van der Waals surface area contributed by atoms with Crippen LogP contribution in [-0.4, -0.2) is 7.11 Å². The van der Waals surface area contributed by atoms with Crippen molar-refractivity contribution < 1.29 is 17.9 Å². The predicted octanol–water partition coefficient (Wildman–Crippen LogP) is 3.72. The highest BCUT2D eigenvalue weighted by Gasteiger charge is 2.10. The van der Waals surface area contributed by atoms with E-state index in [2.05, 4.69) is 5.32 Å². The molecule has 0 aromatic heterocycles. The van der Waals surface area contributed by atoms with Gasteiger partial charge in [0.25, 0.3) is 0 Å². The lowest BCUT2D eigenvalue weighted by molar-refractivity contribution is 0.415. The summed E-state index contributed by atoms with van der Waals surface area (Å²) >= 11 is 0. The van der Waals surface area contributed by atoms with Crippen LogP contribution in [0.4, 0.5) is 18.9 Å². The van der Waals surface area contributed by atoms with Gasteiger partial charge in [0, 0.05) is 12.2 Å². The van der Waals surface area contributed by atoms with E-state index in [0.717, 1.165) is 17.8 Å². The van der Waals surface area contributed by atoms with Gasteiger partial charge in [-0.05, 0) is 42.0 Å². The standard InChI is InChI=1S/C14H12F3NO/c1-19-11-4-2-10(3-5-11)18-8-9-6-12(15)14(17)13(16)7-9/h2-7,18H,8H2,1H3. The van der Waals surface area contributed by atoms with Crippen molar-refractivity contribution >= 4 is 5.69 Å². The van der Waals surface area contributed by atoms with Crippen molar-refractivity contribution in [2.24, 2.45) is 0 Å². The van der Waals surface area contributed by atoms with Crippen molar-refractivity contribution in [3.8, 4) is 5.75 Å². The van der Waals surface area contributed by atoms with Crippen molar-refractivity contribution in [1.29, 1.82) is 0 Å². The maximum atomic E-state index is 13.0. The molecule has 0 aliphatic carbocycles. The third-order valence-electron chi connectivity index (χ3n) is 2.63. The quantitative estimate of drug-likeness (QED) is 0.852. The summed E-state index contributed by atoms with van der Waals surface area (Å²) in [5, 5.41) is 2.97. The summed E-state index contributed by atoms with van der Waals surface area (Å²) in [4.78, 5) is 0. The molecule has 0 aliphatic heterocycles. The molecule has 0 radical (unpaired) electrons. The van der Waals surface area contributed by atoms with Crippen molar-refractivity contribution in [3.05, 3.63) is 59.4 Å². The first-order valence-electron chi connectivity index (χ1n) is 5.61. The van der Waals surface area contributed by atoms with E-state index in [1.54, 1.807) is 31.4 Å². The monoisotopic (exact) mass is 267 g/mol. The largest absolute Gasteiger partial charge is 0.497 e. The maximum Gasteiger partial charge on any atom is 0.194 e. The Balaban J connectivity index is 2.05. The molecular weight excluding hydrogens is 255 g/mol. The first-order chi connectivity index (χ1) is 9.10. The Hall–Kier alpha value is -2.17. The lowest BCUT2D eigenvalue weighted by atomic mass is 10.2. The SMILES string of the molecule is COc1ccc(NCc2cc(F)c(F)c(F)c2)cc1. The van der Waals surface area contributed by atoms with E-state index in [-0.39, 0.29) is 6.54 Å². The van der Waals surface area contributed by atoms with Gasteiger partial charge in [-0.3, -0.25) is 0 Å². The minimum atomic E-state index is -1.45. The van der Waals surface area contributed by atoms with Crippen molar-refractivity contribution in [2.75, 3.05) is 12.4 Å². The topological polar surface area (TPSA) is 21.3 Å². The second-order valence-electron chi connectivity index (χ2n) is 3.96. The van der Waals surface area contributed by atoms with E-state index in [1.165, 1.54) is 0 Å². The van der Waals surface area contributed by atoms with Crippen LogP contribution in [0.2, 0.25) is 0 Å². The van der Waals surface area contributed by atoms with Crippen LogP contribution in [0, 0.1) is 17.5 Å². The Bertz CT molecular complexity index is 546. The number of methoxy groups -OCH3 is 1. The fourth-order valence-electron chi connectivity index (χ4n) is 1.62. The van der Waals surface area contributed by atoms with Crippen LogP contribution in [0.5, 0.6) is 5.75 Å². The summed E-state index contributed by atoms with van der Waals surface area (Å²) in [7, 11) is 1.56. The molecule has 0 heterocycles. The van der Waals surface area contributed by atoms with E-state index in [4.69, 9.17) is 4.74 Å². The molecule has 0 atom stereocenters. The van der Waals surface area contributed by atoms with Gasteiger partial charge in [-0.15, -0.1) is 0 Å². The van der Waals surface area contributed by atoms with Crippen LogP contribution in [0.15, 0.2) is 36.4 Å². The molecular formula is C14H12F3NO. The Morgan fingerprint density at radius 1 is 1.00 bits per heavy atom. The Morgan fingerprint density at radius 2 is 1.58 bits per heavy atom. The third kappa shape index (κ3) is 3.19. The molecule has 0 bridgehead atoms. The van der Waals surface area contributed by atoms with Gasteiger partial charge in [-0.1, -0.05) is 0 Å². The average Bonchev–Trinajstić information content (AvgIpc) is 2.43. The fraction of sp³-hybridized carbons (Fsp3) is 0.143. The molecule has 0 aliphatic rings. The van der Waals surface area contributed by atoms with E-state index >= 15 is 0 Å². The molecule has 0 unspecified atom stereocenters. The van der Waals surface area contributed by atoms with Gasteiger partial charge in [0.15, 0.2) is 17.5 Å². The second kappa shape index (κ2) is 5.65. The zero-order chi connectivity index (χ0) is 13.8. The zero-order valence-corrected chi connectivity index (χ0v) is 10.2. The summed E-state index contributed by atoms with van der Waals surface area (Å²) in [5.41, 5.74) is 1.10. The van der Waals surface area contributed by atoms with Gasteiger partial charge in [-0.25, -0.2) is 13.2 Å². The molecule has 100 valence electrons. The number of halogens is 3.